The first-order valence-corrected chi connectivity index (χ1v) is 7.67. The van der Waals surface area contributed by atoms with Gasteiger partial charge in [-0.1, -0.05) is 11.8 Å². The van der Waals surface area contributed by atoms with Crippen molar-refractivity contribution in [2.75, 3.05) is 6.26 Å². The summed E-state index contributed by atoms with van der Waals surface area (Å²) in [6.45, 7) is 0. The maximum absolute atomic E-state index is 11.5. The molecule has 1 heterocycles. The number of amides is 1. The minimum absolute atomic E-state index is 0.0543. The second-order valence-electron chi connectivity index (χ2n) is 3.47. The number of nitrogens with one attached hydrogen (secondary N) is 2. The molecule has 0 aromatic heterocycles. The van der Waals surface area contributed by atoms with Gasteiger partial charge in [0.2, 0.25) is 0 Å². The molecule has 1 aromatic carbocycles. The minimum Gasteiger partial charge on any atom is -0.271 e. The summed E-state index contributed by atoms with van der Waals surface area (Å²) in [6.07, 6.45) is 3.47. The Morgan fingerprint density at radius 1 is 1.53 bits per heavy atom. The number of sulfonamides is 1. The summed E-state index contributed by atoms with van der Waals surface area (Å²) in [5.74, 6) is -0.675. The van der Waals surface area contributed by atoms with Crippen LogP contribution in [-0.4, -0.2) is 25.7 Å². The molecule has 0 fully saturated rings. The number of carbonyl (C=O) groups excluding carboxylic acids is 1. The van der Waals surface area contributed by atoms with Crippen LogP contribution in [0.1, 0.15) is 10.4 Å². The van der Waals surface area contributed by atoms with Crippen molar-refractivity contribution in [3.05, 3.63) is 23.8 Å². The summed E-state index contributed by atoms with van der Waals surface area (Å²) in [7, 11) is -3.74. The van der Waals surface area contributed by atoms with Crippen LogP contribution in [0.2, 0.25) is 0 Å². The van der Waals surface area contributed by atoms with Gasteiger partial charge in [-0.25, -0.2) is 18.1 Å². The Hall–Kier alpha value is -2.05. The Bertz CT molecular complexity index is 719. The van der Waals surface area contributed by atoms with Crippen LogP contribution in [0.15, 0.2) is 28.1 Å². The molecule has 0 radical (unpaired) electrons. The highest BCUT2D eigenvalue weighted by Gasteiger charge is 2.32. The van der Waals surface area contributed by atoms with E-state index >= 15 is 0 Å². The summed E-state index contributed by atoms with van der Waals surface area (Å²) in [5, 5.41) is 11.2. The fourth-order valence-corrected chi connectivity index (χ4v) is 3.02. The van der Waals surface area contributed by atoms with Crippen LogP contribution >= 0.6 is 11.8 Å². The normalized spacial score (nSPS) is 16.4. The summed E-state index contributed by atoms with van der Waals surface area (Å²) in [6, 6.07) is 4.14. The van der Waals surface area contributed by atoms with Gasteiger partial charge in [-0.3, -0.25) is 10.1 Å². The minimum atomic E-state index is -3.74. The lowest BCUT2D eigenvalue weighted by Crippen LogP contribution is -2.20. The topological polar surface area (TPSA) is 111 Å². The van der Waals surface area contributed by atoms with Crippen LogP contribution in [0.5, 0.6) is 0 Å². The molecular weight excluding hydrogens is 288 g/mol. The molecule has 1 aromatic rings. The van der Waals surface area contributed by atoms with Crippen LogP contribution in [0.25, 0.3) is 0 Å². The standard InChI is InChI=1S/C10H8N4O3S2/c1-18-10(12-5-11)13-6-2-3-8-7(4-6)9(15)14-19(8,16)17/h2-4H,1H3,(H,12,13)(H,14,15). The van der Waals surface area contributed by atoms with Gasteiger partial charge in [0.05, 0.1) is 11.3 Å². The highest BCUT2D eigenvalue weighted by atomic mass is 32.2. The molecule has 7 nitrogen and oxygen atoms in total. The molecule has 2 rings (SSSR count). The van der Waals surface area contributed by atoms with E-state index in [-0.39, 0.29) is 10.5 Å². The Kier molecular flexibility index (Phi) is 3.46. The van der Waals surface area contributed by atoms with Gasteiger partial charge >= 0.3 is 0 Å². The van der Waals surface area contributed by atoms with Gasteiger partial charge in [-0.05, 0) is 24.5 Å². The number of rotatable bonds is 1. The molecule has 1 aliphatic heterocycles. The van der Waals surface area contributed by atoms with E-state index in [0.717, 1.165) is 0 Å². The third-order valence-corrected chi connectivity index (χ3v) is 4.28. The zero-order chi connectivity index (χ0) is 14.0. The number of nitriles is 1. The van der Waals surface area contributed by atoms with Crippen molar-refractivity contribution in [1.29, 1.82) is 5.26 Å². The zero-order valence-electron chi connectivity index (χ0n) is 9.67. The summed E-state index contributed by atoms with van der Waals surface area (Å²) in [4.78, 5) is 15.5. The zero-order valence-corrected chi connectivity index (χ0v) is 11.3. The first-order chi connectivity index (χ1) is 8.97. The van der Waals surface area contributed by atoms with E-state index in [1.807, 2.05) is 4.72 Å². The van der Waals surface area contributed by atoms with Crippen molar-refractivity contribution >= 4 is 38.5 Å². The fourth-order valence-electron chi connectivity index (χ4n) is 1.52. The van der Waals surface area contributed by atoms with Gasteiger partial charge in [0.25, 0.3) is 15.9 Å². The Balaban J connectivity index is 2.47. The number of nitrogens with zero attached hydrogens (tertiary/aromatic N) is 2. The Morgan fingerprint density at radius 2 is 2.26 bits per heavy atom. The van der Waals surface area contributed by atoms with Gasteiger partial charge in [0.1, 0.15) is 4.90 Å². The van der Waals surface area contributed by atoms with E-state index in [2.05, 4.69) is 10.3 Å². The Labute approximate surface area is 113 Å². The largest absolute Gasteiger partial charge is 0.271 e. The first kappa shape index (κ1) is 13.4. The molecule has 0 atom stereocenters. The third kappa shape index (κ3) is 2.54. The van der Waals surface area contributed by atoms with Crippen LogP contribution in [-0.2, 0) is 10.0 Å². The predicted molar refractivity (Wildman–Crippen MR) is 70.5 cm³/mol. The van der Waals surface area contributed by atoms with Crippen LogP contribution in [0.4, 0.5) is 5.69 Å². The molecule has 19 heavy (non-hydrogen) atoms. The smallest absolute Gasteiger partial charge is 0.266 e. The molecule has 0 saturated carbocycles. The van der Waals surface area contributed by atoms with E-state index in [9.17, 15) is 13.2 Å². The molecule has 0 bridgehead atoms. The lowest BCUT2D eigenvalue weighted by atomic mass is 10.2. The number of carbonyl (C=O) groups is 1. The first-order valence-electron chi connectivity index (χ1n) is 4.97. The van der Waals surface area contributed by atoms with Crippen LogP contribution in [0, 0.1) is 11.5 Å². The number of thioether (sulfide) groups is 1. The lowest BCUT2D eigenvalue weighted by Gasteiger charge is -2.01. The van der Waals surface area contributed by atoms with E-state index in [0.29, 0.717) is 10.9 Å². The highest BCUT2D eigenvalue weighted by molar-refractivity contribution is 8.13. The van der Waals surface area contributed by atoms with Crippen molar-refractivity contribution in [3.63, 3.8) is 0 Å². The maximum Gasteiger partial charge on any atom is 0.266 e. The average Bonchev–Trinajstić information content (AvgIpc) is 2.59. The van der Waals surface area contributed by atoms with Crippen molar-refractivity contribution in [2.24, 2.45) is 4.99 Å². The summed E-state index contributed by atoms with van der Waals surface area (Å²) >= 11 is 1.22. The van der Waals surface area contributed by atoms with Gasteiger partial charge in [0, 0.05) is 0 Å². The second kappa shape index (κ2) is 4.91. The number of aliphatic imine (C=N–C) groups is 1. The van der Waals surface area contributed by atoms with Crippen LogP contribution in [0.3, 0.4) is 0 Å². The number of hydrogen-bond acceptors (Lipinski definition) is 6. The maximum atomic E-state index is 11.5. The molecular formula is C10H8N4O3S2. The van der Waals surface area contributed by atoms with Crippen LogP contribution < -0.4 is 10.0 Å². The van der Waals surface area contributed by atoms with Crippen molar-refractivity contribution < 1.29 is 13.2 Å². The number of fused-ring (bicyclic) bond motifs is 1. The van der Waals surface area contributed by atoms with Gasteiger partial charge in [-0.2, -0.15) is 5.26 Å². The fraction of sp³-hybridized carbons (Fsp3) is 0.100. The SMILES string of the molecule is CSC(=Nc1ccc2c(c1)C(=O)NS2(=O)=O)NC#N. The van der Waals surface area contributed by atoms with E-state index in [1.54, 1.807) is 12.4 Å². The third-order valence-electron chi connectivity index (χ3n) is 2.31. The molecule has 0 aliphatic carbocycles. The summed E-state index contributed by atoms with van der Waals surface area (Å²) < 4.78 is 24.9. The number of hydrogen-bond donors (Lipinski definition) is 2. The van der Waals surface area contributed by atoms with E-state index < -0.39 is 15.9 Å². The quantitative estimate of drug-likeness (QED) is 0.338. The molecule has 98 valence electrons. The lowest BCUT2D eigenvalue weighted by molar-refractivity contribution is 0.0985. The van der Waals surface area contributed by atoms with Crippen molar-refractivity contribution in [3.8, 4) is 6.19 Å². The van der Waals surface area contributed by atoms with E-state index in [4.69, 9.17) is 5.26 Å². The van der Waals surface area contributed by atoms with Gasteiger partial charge < -0.3 is 0 Å². The van der Waals surface area contributed by atoms with E-state index in [1.165, 1.54) is 30.0 Å². The van der Waals surface area contributed by atoms with Gasteiger partial charge in [-0.15, -0.1) is 0 Å². The van der Waals surface area contributed by atoms with Crippen molar-refractivity contribution in [2.45, 2.75) is 4.90 Å². The Morgan fingerprint density at radius 3 is 2.89 bits per heavy atom. The van der Waals surface area contributed by atoms with Crippen molar-refractivity contribution in [1.82, 2.24) is 10.0 Å². The molecule has 1 amide bonds. The number of benzene rings is 1. The predicted octanol–water partition coefficient (Wildman–Crippen LogP) is 0.540. The molecule has 0 saturated heterocycles. The molecule has 1 aliphatic rings. The average molecular weight is 296 g/mol. The van der Waals surface area contributed by atoms with Gasteiger partial charge in [0.15, 0.2) is 11.4 Å². The monoisotopic (exact) mass is 296 g/mol. The molecule has 9 heteroatoms. The molecule has 2 N–H and O–H groups in total. The number of amidine groups is 1. The summed E-state index contributed by atoms with van der Waals surface area (Å²) in [5.41, 5.74) is 0.441. The molecule has 0 unspecified atom stereocenters. The molecule has 0 spiro atoms. The second-order valence-corrected chi connectivity index (χ2v) is 5.92. The highest BCUT2D eigenvalue weighted by Crippen LogP contribution is 2.27.